The van der Waals surface area contributed by atoms with Gasteiger partial charge >= 0.3 is 0 Å². The average Bonchev–Trinajstić information content (AvgIpc) is 3.63. The molecule has 7 rings (SSSR count). The molecule has 2 aromatic carbocycles. The fraction of sp³-hybridized carbons (Fsp3) is 0.333. The van der Waals surface area contributed by atoms with Gasteiger partial charge in [0.1, 0.15) is 40.3 Å². The molecule has 54 heavy (non-hydrogen) atoms. The Kier molecular flexibility index (Phi) is 9.24. The molecule has 1 amide bonds. The minimum absolute atomic E-state index is 0.0461. The molecule has 0 spiro atoms. The van der Waals surface area contributed by atoms with Crippen molar-refractivity contribution in [3.63, 3.8) is 0 Å². The maximum atomic E-state index is 14.9. The number of aryl methyl sites for hydroxylation is 1. The van der Waals surface area contributed by atoms with Crippen molar-refractivity contribution in [2.24, 2.45) is 13.0 Å². The highest BCUT2D eigenvalue weighted by atomic mass is 35.5. The third-order valence-corrected chi connectivity index (χ3v) is 10.4. The molecular formula is C36H31Cl2F4N7O4S. The van der Waals surface area contributed by atoms with E-state index in [9.17, 15) is 35.9 Å². The van der Waals surface area contributed by atoms with E-state index in [-0.39, 0.29) is 56.7 Å². The molecule has 2 aliphatic rings. The highest BCUT2D eigenvalue weighted by molar-refractivity contribution is 7.92. The number of anilines is 1. The lowest BCUT2D eigenvalue weighted by molar-refractivity contribution is -0.122. The number of hydrogen-bond donors (Lipinski definition) is 3. The van der Waals surface area contributed by atoms with Gasteiger partial charge in [0.2, 0.25) is 15.9 Å². The van der Waals surface area contributed by atoms with Crippen molar-refractivity contribution < 1.29 is 35.9 Å². The summed E-state index contributed by atoms with van der Waals surface area (Å²) in [5.74, 6) is -1.51. The standard InChI is InChI=1S/C36H31Cl2F4N7O4S/c1-35(2,51)10-9-20-5-6-21(22-7-8-25(37)29-31(22)48(3)46-34(29)47-54(4,52)53)30(43-20)26(13-17-11-18(39)14-19(40)12-17)44-27(50)16-49-33(38)28-23-15-24(23)36(41,42)32(28)45-49/h5-8,11-12,14,23-24,26,51H,13,15-16H2,1-4H3,(H,44,50)(H,46,47)/t23?,24-,26+/m1/s1. The van der Waals surface area contributed by atoms with Crippen LogP contribution in [0, 0.1) is 29.4 Å². The van der Waals surface area contributed by atoms with Crippen LogP contribution in [0.5, 0.6) is 0 Å². The number of aromatic nitrogens is 5. The van der Waals surface area contributed by atoms with Gasteiger partial charge in [-0.05, 0) is 74.4 Å². The number of fused-ring (bicyclic) bond motifs is 4. The largest absolute Gasteiger partial charge is 0.378 e. The molecule has 0 aliphatic heterocycles. The van der Waals surface area contributed by atoms with E-state index in [2.05, 4.69) is 32.1 Å². The zero-order valence-corrected chi connectivity index (χ0v) is 31.3. The Hall–Kier alpha value is -4.69. The van der Waals surface area contributed by atoms with Crippen LogP contribution >= 0.6 is 23.2 Å². The number of carbonyl (C=O) groups excluding carboxylic acids is 1. The van der Waals surface area contributed by atoms with Crippen LogP contribution in [0.3, 0.4) is 0 Å². The monoisotopic (exact) mass is 803 g/mol. The van der Waals surface area contributed by atoms with Crippen molar-refractivity contribution in [3.8, 4) is 23.0 Å². The van der Waals surface area contributed by atoms with Gasteiger partial charge in [-0.3, -0.25) is 14.2 Å². The molecule has 3 aromatic heterocycles. The Morgan fingerprint density at radius 3 is 2.44 bits per heavy atom. The number of nitrogens with zero attached hydrogens (tertiary/aromatic N) is 5. The number of aliphatic hydroxyl groups is 1. The lowest BCUT2D eigenvalue weighted by Gasteiger charge is -2.23. The second-order valence-electron chi connectivity index (χ2n) is 14.0. The summed E-state index contributed by atoms with van der Waals surface area (Å²) < 4.78 is 88.0. The zero-order chi connectivity index (χ0) is 39.1. The minimum atomic E-state index is -3.79. The highest BCUT2D eigenvalue weighted by Gasteiger charge is 2.66. The normalized spacial score (nSPS) is 17.8. The van der Waals surface area contributed by atoms with Gasteiger partial charge in [-0.2, -0.15) is 19.0 Å². The predicted octanol–water partition coefficient (Wildman–Crippen LogP) is 6.22. The van der Waals surface area contributed by atoms with Crippen molar-refractivity contribution in [2.45, 2.75) is 56.7 Å². The lowest BCUT2D eigenvalue weighted by atomic mass is 9.93. The second-order valence-corrected chi connectivity index (χ2v) is 16.5. The van der Waals surface area contributed by atoms with Crippen molar-refractivity contribution in [1.82, 2.24) is 29.9 Å². The first-order valence-electron chi connectivity index (χ1n) is 16.5. The molecular weight excluding hydrogens is 773 g/mol. The zero-order valence-electron chi connectivity index (χ0n) is 29.0. The van der Waals surface area contributed by atoms with Crippen LogP contribution in [0.1, 0.15) is 60.4 Å². The molecule has 3 heterocycles. The van der Waals surface area contributed by atoms with E-state index in [4.69, 9.17) is 28.2 Å². The van der Waals surface area contributed by atoms with E-state index in [1.165, 1.54) is 24.6 Å². The SMILES string of the molecule is Cn1nc(NS(C)(=O)=O)c2c(Cl)ccc(-c3ccc(C#CC(C)(C)O)nc3[C@H](Cc3cc(F)cc(F)c3)NC(=O)Cn3nc4c(c3Cl)C3C[C@H]3C4(F)F)c21. The van der Waals surface area contributed by atoms with Crippen LogP contribution in [-0.2, 0) is 40.8 Å². The van der Waals surface area contributed by atoms with Crippen molar-refractivity contribution in [3.05, 3.63) is 92.5 Å². The quantitative estimate of drug-likeness (QED) is 0.119. The fourth-order valence-corrected chi connectivity index (χ4v) is 7.94. The van der Waals surface area contributed by atoms with Gasteiger partial charge in [-0.25, -0.2) is 26.9 Å². The fourth-order valence-electron chi connectivity index (χ4n) is 6.88. The van der Waals surface area contributed by atoms with Gasteiger partial charge in [0.15, 0.2) is 5.82 Å². The number of benzene rings is 2. The summed E-state index contributed by atoms with van der Waals surface area (Å²) in [7, 11) is -2.22. The molecule has 282 valence electrons. The van der Waals surface area contributed by atoms with Gasteiger partial charge in [-0.15, -0.1) is 0 Å². The summed E-state index contributed by atoms with van der Waals surface area (Å²) in [6.07, 6.45) is 1.00. The van der Waals surface area contributed by atoms with Crippen molar-refractivity contribution >= 4 is 55.9 Å². The first kappa shape index (κ1) is 37.6. The van der Waals surface area contributed by atoms with Crippen LogP contribution in [-0.4, -0.2) is 55.8 Å². The van der Waals surface area contributed by atoms with Crippen molar-refractivity contribution in [1.29, 1.82) is 0 Å². The molecule has 5 aromatic rings. The number of hydrogen-bond acceptors (Lipinski definition) is 7. The van der Waals surface area contributed by atoms with E-state index < -0.39 is 69.2 Å². The van der Waals surface area contributed by atoms with E-state index in [0.29, 0.717) is 22.7 Å². The summed E-state index contributed by atoms with van der Waals surface area (Å²) >= 11 is 13.1. The number of rotatable bonds is 9. The van der Waals surface area contributed by atoms with Gasteiger partial charge in [0.25, 0.3) is 5.92 Å². The lowest BCUT2D eigenvalue weighted by Crippen LogP contribution is -2.34. The Morgan fingerprint density at radius 1 is 1.11 bits per heavy atom. The number of alkyl halides is 2. The van der Waals surface area contributed by atoms with Gasteiger partial charge < -0.3 is 10.4 Å². The number of nitrogens with one attached hydrogen (secondary N) is 2. The Morgan fingerprint density at radius 2 is 1.80 bits per heavy atom. The van der Waals surface area contributed by atoms with Crippen LogP contribution in [0.25, 0.3) is 22.0 Å². The number of amides is 1. The van der Waals surface area contributed by atoms with Crippen LogP contribution in [0.2, 0.25) is 10.2 Å². The predicted molar refractivity (Wildman–Crippen MR) is 194 cm³/mol. The molecule has 0 saturated heterocycles. The minimum Gasteiger partial charge on any atom is -0.378 e. The van der Waals surface area contributed by atoms with E-state index in [1.54, 1.807) is 25.2 Å². The summed E-state index contributed by atoms with van der Waals surface area (Å²) in [4.78, 5) is 18.6. The smallest absolute Gasteiger partial charge is 0.295 e. The van der Waals surface area contributed by atoms with E-state index >= 15 is 0 Å². The highest BCUT2D eigenvalue weighted by Crippen LogP contribution is 2.67. The molecule has 0 bridgehead atoms. The number of pyridine rings is 1. The molecule has 1 fully saturated rings. The summed E-state index contributed by atoms with van der Waals surface area (Å²) in [6.45, 7) is 2.37. The summed E-state index contributed by atoms with van der Waals surface area (Å²) in [6, 6.07) is 8.06. The van der Waals surface area contributed by atoms with E-state index in [0.717, 1.165) is 23.1 Å². The van der Waals surface area contributed by atoms with Crippen LogP contribution in [0.4, 0.5) is 23.4 Å². The third-order valence-electron chi connectivity index (χ3n) is 9.12. The molecule has 2 aliphatic carbocycles. The molecule has 3 atom stereocenters. The van der Waals surface area contributed by atoms with Crippen LogP contribution in [0.15, 0.2) is 42.5 Å². The number of carbonyl (C=O) groups is 1. The maximum Gasteiger partial charge on any atom is 0.295 e. The second kappa shape index (κ2) is 13.3. The number of sulfonamides is 1. The van der Waals surface area contributed by atoms with Gasteiger partial charge in [0.05, 0.1) is 33.9 Å². The first-order chi connectivity index (χ1) is 25.2. The van der Waals surface area contributed by atoms with Crippen molar-refractivity contribution in [2.75, 3.05) is 11.0 Å². The molecule has 3 N–H and O–H groups in total. The average molecular weight is 805 g/mol. The topological polar surface area (TPSA) is 144 Å². The van der Waals surface area contributed by atoms with Crippen LogP contribution < -0.4 is 10.0 Å². The Balaban J connectivity index is 1.37. The molecule has 0 radical (unpaired) electrons. The van der Waals surface area contributed by atoms with Gasteiger partial charge in [0, 0.05) is 35.7 Å². The maximum absolute atomic E-state index is 14.9. The Labute approximate surface area is 316 Å². The molecule has 1 saturated carbocycles. The summed E-state index contributed by atoms with van der Waals surface area (Å²) in [5, 5.41) is 21.8. The molecule has 11 nitrogen and oxygen atoms in total. The Bertz CT molecular complexity index is 2540. The molecule has 18 heteroatoms. The number of halogens is 6. The molecule has 1 unspecified atom stereocenters. The third kappa shape index (κ3) is 7.25. The van der Waals surface area contributed by atoms with Gasteiger partial charge in [-0.1, -0.05) is 35.2 Å². The van der Waals surface area contributed by atoms with E-state index in [1.807, 2.05) is 0 Å². The first-order valence-corrected chi connectivity index (χ1v) is 19.1. The summed E-state index contributed by atoms with van der Waals surface area (Å²) in [5.41, 5.74) is -0.0636.